The molecule has 0 bridgehead atoms. The van der Waals surface area contributed by atoms with Crippen molar-refractivity contribution < 1.29 is 9.47 Å². The SMILES string of the molecule is CCC(C)c1ccc(OC(CC(C(C)C)C(C)C)OCCC2CCCCC2)cc1. The molecule has 2 unspecified atom stereocenters. The molecular weight excluding hydrogens is 356 g/mol. The fourth-order valence-corrected chi connectivity index (χ4v) is 4.79. The predicted octanol–water partition coefficient (Wildman–Crippen LogP) is 8.21. The average Bonchev–Trinajstić information content (AvgIpc) is 2.72. The lowest BCUT2D eigenvalue weighted by molar-refractivity contribution is -0.103. The Hall–Kier alpha value is -1.02. The molecule has 0 aromatic heterocycles. The van der Waals surface area contributed by atoms with Crippen molar-refractivity contribution in [1.29, 1.82) is 0 Å². The van der Waals surface area contributed by atoms with Crippen LogP contribution in [0.5, 0.6) is 5.75 Å². The second-order valence-electron chi connectivity index (χ2n) is 9.98. The van der Waals surface area contributed by atoms with Crippen LogP contribution in [-0.2, 0) is 4.74 Å². The fraction of sp³-hybridized carbons (Fsp3) is 0.778. The van der Waals surface area contributed by atoms with Crippen molar-refractivity contribution in [3.63, 3.8) is 0 Å². The molecule has 0 amide bonds. The van der Waals surface area contributed by atoms with Gasteiger partial charge in [0.1, 0.15) is 5.75 Å². The highest BCUT2D eigenvalue weighted by molar-refractivity contribution is 5.29. The first-order valence-corrected chi connectivity index (χ1v) is 12.3. The summed E-state index contributed by atoms with van der Waals surface area (Å²) in [7, 11) is 0. The van der Waals surface area contributed by atoms with Crippen molar-refractivity contribution in [2.75, 3.05) is 6.61 Å². The van der Waals surface area contributed by atoms with Crippen LogP contribution in [0.15, 0.2) is 24.3 Å². The van der Waals surface area contributed by atoms with E-state index >= 15 is 0 Å². The quantitative estimate of drug-likeness (QED) is 0.328. The van der Waals surface area contributed by atoms with Gasteiger partial charge in [-0.05, 0) is 60.1 Å². The number of ether oxygens (including phenoxy) is 2. The molecule has 1 aromatic carbocycles. The lowest BCUT2D eigenvalue weighted by atomic mass is 9.83. The molecule has 0 radical (unpaired) electrons. The van der Waals surface area contributed by atoms with Crippen LogP contribution in [-0.4, -0.2) is 12.9 Å². The lowest BCUT2D eigenvalue weighted by Crippen LogP contribution is -2.29. The first-order valence-electron chi connectivity index (χ1n) is 12.3. The van der Waals surface area contributed by atoms with E-state index in [1.165, 1.54) is 44.1 Å². The maximum atomic E-state index is 6.38. The summed E-state index contributed by atoms with van der Waals surface area (Å²) in [6, 6.07) is 8.67. The van der Waals surface area contributed by atoms with E-state index in [0.717, 1.165) is 31.1 Å². The van der Waals surface area contributed by atoms with Crippen molar-refractivity contribution in [3.8, 4) is 5.75 Å². The maximum absolute atomic E-state index is 6.38. The normalized spacial score (nSPS) is 17.8. The smallest absolute Gasteiger partial charge is 0.200 e. The van der Waals surface area contributed by atoms with Crippen molar-refractivity contribution in [1.82, 2.24) is 0 Å². The molecule has 1 fully saturated rings. The van der Waals surface area contributed by atoms with Gasteiger partial charge in [0.15, 0.2) is 6.29 Å². The first kappa shape index (κ1) is 24.3. The van der Waals surface area contributed by atoms with Gasteiger partial charge in [-0.2, -0.15) is 0 Å². The van der Waals surface area contributed by atoms with Gasteiger partial charge in [0.05, 0.1) is 6.61 Å². The Bertz CT molecular complexity index is 534. The monoisotopic (exact) mass is 402 g/mol. The van der Waals surface area contributed by atoms with E-state index < -0.39 is 0 Å². The summed E-state index contributed by atoms with van der Waals surface area (Å²) in [6.07, 6.45) is 10.1. The summed E-state index contributed by atoms with van der Waals surface area (Å²) in [4.78, 5) is 0. The minimum Gasteiger partial charge on any atom is -0.465 e. The molecule has 166 valence electrons. The van der Waals surface area contributed by atoms with Crippen LogP contribution in [0.3, 0.4) is 0 Å². The van der Waals surface area contributed by atoms with Gasteiger partial charge in [0.25, 0.3) is 0 Å². The van der Waals surface area contributed by atoms with Gasteiger partial charge < -0.3 is 9.47 Å². The third kappa shape index (κ3) is 8.32. The third-order valence-electron chi connectivity index (χ3n) is 7.06. The molecule has 0 heterocycles. The molecule has 2 heteroatoms. The van der Waals surface area contributed by atoms with Gasteiger partial charge in [0.2, 0.25) is 0 Å². The van der Waals surface area contributed by atoms with Crippen molar-refractivity contribution in [3.05, 3.63) is 29.8 Å². The molecule has 0 spiro atoms. The summed E-state index contributed by atoms with van der Waals surface area (Å²) < 4.78 is 12.7. The molecule has 2 atom stereocenters. The van der Waals surface area contributed by atoms with Crippen LogP contribution < -0.4 is 4.74 Å². The molecule has 1 aromatic rings. The average molecular weight is 403 g/mol. The van der Waals surface area contributed by atoms with Crippen molar-refractivity contribution in [2.45, 2.75) is 105 Å². The van der Waals surface area contributed by atoms with Gasteiger partial charge in [0, 0.05) is 6.42 Å². The molecular formula is C27H46O2. The minimum atomic E-state index is -0.150. The zero-order valence-electron chi connectivity index (χ0n) is 20.0. The van der Waals surface area contributed by atoms with Gasteiger partial charge in [-0.15, -0.1) is 0 Å². The summed E-state index contributed by atoms with van der Waals surface area (Å²) in [5, 5.41) is 0. The summed E-state index contributed by atoms with van der Waals surface area (Å²) in [5.41, 5.74) is 1.39. The molecule has 1 saturated carbocycles. The molecule has 0 aliphatic heterocycles. The minimum absolute atomic E-state index is 0.150. The molecule has 0 saturated heterocycles. The molecule has 1 aliphatic carbocycles. The van der Waals surface area contributed by atoms with E-state index in [1.54, 1.807) is 0 Å². The third-order valence-corrected chi connectivity index (χ3v) is 7.06. The Kier molecular flexibility index (Phi) is 10.6. The van der Waals surface area contributed by atoms with Crippen LogP contribution in [0.25, 0.3) is 0 Å². The number of rotatable bonds is 12. The summed E-state index contributed by atoms with van der Waals surface area (Å²) in [6.45, 7) is 14.6. The van der Waals surface area contributed by atoms with Gasteiger partial charge in [-0.1, -0.05) is 85.8 Å². The predicted molar refractivity (Wildman–Crippen MR) is 124 cm³/mol. The van der Waals surface area contributed by atoms with Crippen LogP contribution in [0.2, 0.25) is 0 Å². The lowest BCUT2D eigenvalue weighted by Gasteiger charge is -2.30. The summed E-state index contributed by atoms with van der Waals surface area (Å²) >= 11 is 0. The van der Waals surface area contributed by atoms with E-state index in [4.69, 9.17) is 9.47 Å². The highest BCUT2D eigenvalue weighted by atomic mass is 16.7. The van der Waals surface area contributed by atoms with Gasteiger partial charge in [-0.25, -0.2) is 0 Å². The number of benzene rings is 1. The number of hydrogen-bond acceptors (Lipinski definition) is 2. The van der Waals surface area contributed by atoms with Gasteiger partial charge >= 0.3 is 0 Å². The van der Waals surface area contributed by atoms with E-state index in [-0.39, 0.29) is 6.29 Å². The molecule has 1 aliphatic rings. The second-order valence-corrected chi connectivity index (χ2v) is 9.98. The first-order chi connectivity index (χ1) is 13.9. The maximum Gasteiger partial charge on any atom is 0.200 e. The Morgan fingerprint density at radius 1 is 0.897 bits per heavy atom. The van der Waals surface area contributed by atoms with Crippen LogP contribution >= 0.6 is 0 Å². The zero-order chi connectivity index (χ0) is 21.2. The topological polar surface area (TPSA) is 18.5 Å². The molecule has 2 nitrogen and oxygen atoms in total. The van der Waals surface area contributed by atoms with E-state index in [9.17, 15) is 0 Å². The Labute approximate surface area is 180 Å². The molecule has 0 N–H and O–H groups in total. The highest BCUT2D eigenvalue weighted by Gasteiger charge is 2.24. The summed E-state index contributed by atoms with van der Waals surface area (Å²) in [5.74, 6) is 4.26. The standard InChI is InChI=1S/C27H46O2/c1-7-22(6)24-13-15-25(16-14-24)29-27(19-26(20(2)3)21(4)5)28-18-17-23-11-9-8-10-12-23/h13-16,20-23,26-27H,7-12,17-19H2,1-6H3. The number of hydrogen-bond donors (Lipinski definition) is 0. The van der Waals surface area contributed by atoms with Gasteiger partial charge in [-0.3, -0.25) is 0 Å². The van der Waals surface area contributed by atoms with Crippen LogP contribution in [0, 0.1) is 23.7 Å². The van der Waals surface area contributed by atoms with E-state index in [1.807, 2.05) is 0 Å². The van der Waals surface area contributed by atoms with Crippen molar-refractivity contribution >= 4 is 0 Å². The molecule has 29 heavy (non-hydrogen) atoms. The highest BCUT2D eigenvalue weighted by Crippen LogP contribution is 2.30. The van der Waals surface area contributed by atoms with E-state index in [0.29, 0.717) is 23.7 Å². The van der Waals surface area contributed by atoms with Crippen molar-refractivity contribution in [2.24, 2.45) is 23.7 Å². The Balaban J connectivity index is 1.98. The Morgan fingerprint density at radius 2 is 1.52 bits per heavy atom. The Morgan fingerprint density at radius 3 is 2.07 bits per heavy atom. The largest absolute Gasteiger partial charge is 0.465 e. The van der Waals surface area contributed by atoms with Crippen LogP contribution in [0.1, 0.15) is 104 Å². The fourth-order valence-electron chi connectivity index (χ4n) is 4.79. The molecule has 2 rings (SSSR count). The zero-order valence-corrected chi connectivity index (χ0v) is 20.0. The van der Waals surface area contributed by atoms with E-state index in [2.05, 4.69) is 65.8 Å². The second kappa shape index (κ2) is 12.6. The van der Waals surface area contributed by atoms with Crippen LogP contribution in [0.4, 0.5) is 0 Å².